The third-order valence-corrected chi connectivity index (χ3v) is 4.39. The van der Waals surface area contributed by atoms with E-state index in [4.69, 9.17) is 0 Å². The summed E-state index contributed by atoms with van der Waals surface area (Å²) in [6.45, 7) is 4.08. The minimum absolute atomic E-state index is 0.126. The van der Waals surface area contributed by atoms with Crippen molar-refractivity contribution < 1.29 is 9.90 Å². The van der Waals surface area contributed by atoms with Gasteiger partial charge in [-0.2, -0.15) is 0 Å². The lowest BCUT2D eigenvalue weighted by atomic mass is 10.00. The van der Waals surface area contributed by atoms with Crippen LogP contribution in [-0.4, -0.2) is 15.6 Å². The van der Waals surface area contributed by atoms with Crippen molar-refractivity contribution in [2.24, 2.45) is 18.4 Å². The molecule has 1 fully saturated rings. The Labute approximate surface area is 106 Å². The van der Waals surface area contributed by atoms with Crippen molar-refractivity contribution in [1.82, 2.24) is 4.57 Å². The van der Waals surface area contributed by atoms with E-state index >= 15 is 0 Å². The summed E-state index contributed by atoms with van der Waals surface area (Å²) in [7, 11) is 2.01. The topological polar surface area (TPSA) is 42.2 Å². The number of aliphatic carboxylic acids is 1. The number of nitrogens with zero attached hydrogens (tertiary/aromatic N) is 1. The summed E-state index contributed by atoms with van der Waals surface area (Å²) in [6, 6.07) is 8.24. The van der Waals surface area contributed by atoms with E-state index in [1.807, 2.05) is 33.2 Å². The lowest BCUT2D eigenvalue weighted by molar-refractivity contribution is -0.139. The van der Waals surface area contributed by atoms with Crippen LogP contribution in [0, 0.1) is 11.3 Å². The van der Waals surface area contributed by atoms with Crippen LogP contribution in [0.3, 0.4) is 0 Å². The van der Waals surface area contributed by atoms with Crippen LogP contribution in [0.5, 0.6) is 0 Å². The van der Waals surface area contributed by atoms with Gasteiger partial charge in [0.15, 0.2) is 0 Å². The highest BCUT2D eigenvalue weighted by atomic mass is 16.4. The standard InChI is InChI=1S/C15H17NO2/c1-15(2)12(13(15)14(17)18)10-5-4-6-11-9(10)7-8-16(11)3/h4-8,12-13H,1-3H3,(H,17,18). The maximum Gasteiger partial charge on any atom is 0.307 e. The second kappa shape index (κ2) is 3.37. The molecule has 1 N–H and O–H groups in total. The van der Waals surface area contributed by atoms with Gasteiger partial charge in [-0.05, 0) is 23.1 Å². The second-order valence-corrected chi connectivity index (χ2v) is 5.82. The van der Waals surface area contributed by atoms with Gasteiger partial charge in [-0.3, -0.25) is 4.79 Å². The van der Waals surface area contributed by atoms with Crippen LogP contribution < -0.4 is 0 Å². The second-order valence-electron chi connectivity index (χ2n) is 5.82. The number of aryl methyl sites for hydroxylation is 1. The first kappa shape index (κ1) is 11.3. The van der Waals surface area contributed by atoms with Crippen LogP contribution in [0.25, 0.3) is 10.9 Å². The molecule has 18 heavy (non-hydrogen) atoms. The number of aromatic nitrogens is 1. The molecule has 94 valence electrons. The summed E-state index contributed by atoms with van der Waals surface area (Å²) < 4.78 is 2.07. The number of fused-ring (bicyclic) bond motifs is 1. The number of carboxylic acids is 1. The van der Waals surface area contributed by atoms with Gasteiger partial charge in [-0.15, -0.1) is 0 Å². The van der Waals surface area contributed by atoms with Crippen LogP contribution >= 0.6 is 0 Å². The van der Waals surface area contributed by atoms with E-state index in [2.05, 4.69) is 22.8 Å². The number of rotatable bonds is 2. The summed E-state index contributed by atoms with van der Waals surface area (Å²) in [5.74, 6) is -0.817. The first-order valence-electron chi connectivity index (χ1n) is 6.21. The van der Waals surface area contributed by atoms with Gasteiger partial charge >= 0.3 is 5.97 Å². The van der Waals surface area contributed by atoms with E-state index in [0.717, 1.165) is 0 Å². The molecule has 0 radical (unpaired) electrons. The van der Waals surface area contributed by atoms with Gasteiger partial charge in [0, 0.05) is 30.1 Å². The van der Waals surface area contributed by atoms with E-state index in [9.17, 15) is 9.90 Å². The van der Waals surface area contributed by atoms with Crippen molar-refractivity contribution in [2.75, 3.05) is 0 Å². The average molecular weight is 243 g/mol. The fourth-order valence-corrected chi connectivity index (χ4v) is 3.28. The van der Waals surface area contributed by atoms with Crippen molar-refractivity contribution >= 4 is 16.9 Å². The van der Waals surface area contributed by atoms with Gasteiger partial charge < -0.3 is 9.67 Å². The lowest BCUT2D eigenvalue weighted by Crippen LogP contribution is -2.03. The van der Waals surface area contributed by atoms with E-state index in [1.165, 1.54) is 16.5 Å². The molecule has 1 heterocycles. The molecule has 1 aromatic carbocycles. The molecule has 0 saturated heterocycles. The highest BCUT2D eigenvalue weighted by Crippen LogP contribution is 2.65. The molecule has 0 bridgehead atoms. The summed E-state index contributed by atoms with van der Waals surface area (Å²) >= 11 is 0. The molecule has 0 aliphatic heterocycles. The summed E-state index contributed by atoms with van der Waals surface area (Å²) in [6.07, 6.45) is 2.03. The summed E-state index contributed by atoms with van der Waals surface area (Å²) in [4.78, 5) is 11.3. The van der Waals surface area contributed by atoms with Crippen molar-refractivity contribution in [3.05, 3.63) is 36.0 Å². The van der Waals surface area contributed by atoms with Crippen molar-refractivity contribution in [1.29, 1.82) is 0 Å². The van der Waals surface area contributed by atoms with Crippen molar-refractivity contribution in [2.45, 2.75) is 19.8 Å². The Bertz CT molecular complexity index is 639. The molecule has 2 atom stereocenters. The SMILES string of the molecule is Cn1ccc2c(C3C(C(=O)O)C3(C)C)cccc21. The lowest BCUT2D eigenvalue weighted by Gasteiger charge is -2.05. The van der Waals surface area contributed by atoms with Gasteiger partial charge in [-0.25, -0.2) is 0 Å². The van der Waals surface area contributed by atoms with Crippen LogP contribution in [0.4, 0.5) is 0 Å². The van der Waals surface area contributed by atoms with Crippen LogP contribution in [0.1, 0.15) is 25.3 Å². The Balaban J connectivity index is 2.14. The predicted molar refractivity (Wildman–Crippen MR) is 70.6 cm³/mol. The molecule has 1 aliphatic carbocycles. The van der Waals surface area contributed by atoms with Gasteiger partial charge in [-0.1, -0.05) is 26.0 Å². The molecule has 1 aromatic heterocycles. The minimum Gasteiger partial charge on any atom is -0.481 e. The van der Waals surface area contributed by atoms with Crippen LogP contribution in [-0.2, 0) is 11.8 Å². The Morgan fingerprint density at radius 3 is 2.67 bits per heavy atom. The molecular weight excluding hydrogens is 226 g/mol. The number of hydrogen-bond acceptors (Lipinski definition) is 1. The first-order chi connectivity index (χ1) is 8.44. The highest BCUT2D eigenvalue weighted by Gasteiger charge is 2.62. The first-order valence-corrected chi connectivity index (χ1v) is 6.21. The smallest absolute Gasteiger partial charge is 0.307 e. The van der Waals surface area contributed by atoms with Crippen LogP contribution in [0.15, 0.2) is 30.5 Å². The third-order valence-electron chi connectivity index (χ3n) is 4.39. The van der Waals surface area contributed by atoms with Gasteiger partial charge in [0.2, 0.25) is 0 Å². The predicted octanol–water partition coefficient (Wildman–Crippen LogP) is 3.00. The molecule has 2 aromatic rings. The zero-order chi connectivity index (χ0) is 13.1. The third kappa shape index (κ3) is 1.33. The molecule has 3 nitrogen and oxygen atoms in total. The Morgan fingerprint density at radius 2 is 2.06 bits per heavy atom. The number of hydrogen-bond donors (Lipinski definition) is 1. The molecule has 1 saturated carbocycles. The Kier molecular flexibility index (Phi) is 2.12. The maximum absolute atomic E-state index is 11.3. The highest BCUT2D eigenvalue weighted by molar-refractivity contribution is 5.87. The monoisotopic (exact) mass is 243 g/mol. The van der Waals surface area contributed by atoms with E-state index in [0.29, 0.717) is 0 Å². The quantitative estimate of drug-likeness (QED) is 0.881. The van der Waals surface area contributed by atoms with Crippen molar-refractivity contribution in [3.8, 4) is 0 Å². The van der Waals surface area contributed by atoms with E-state index in [-0.39, 0.29) is 17.3 Å². The Morgan fingerprint density at radius 1 is 1.33 bits per heavy atom. The molecule has 3 heteroatoms. The normalized spacial score (nSPS) is 25.3. The van der Waals surface area contributed by atoms with Crippen molar-refractivity contribution in [3.63, 3.8) is 0 Å². The number of carbonyl (C=O) groups is 1. The summed E-state index contributed by atoms with van der Waals surface area (Å²) in [5, 5.41) is 10.5. The van der Waals surface area contributed by atoms with Gasteiger partial charge in [0.05, 0.1) is 5.92 Å². The minimum atomic E-state index is -0.682. The summed E-state index contributed by atoms with van der Waals surface area (Å²) in [5.41, 5.74) is 2.19. The number of benzene rings is 1. The zero-order valence-corrected chi connectivity index (χ0v) is 10.8. The molecular formula is C15H17NO2. The van der Waals surface area contributed by atoms with E-state index < -0.39 is 5.97 Å². The molecule has 3 rings (SSSR count). The fraction of sp³-hybridized carbons (Fsp3) is 0.400. The van der Waals surface area contributed by atoms with E-state index in [1.54, 1.807) is 0 Å². The zero-order valence-electron chi connectivity index (χ0n) is 10.8. The molecule has 2 unspecified atom stereocenters. The van der Waals surface area contributed by atoms with Gasteiger partial charge in [0.1, 0.15) is 0 Å². The van der Waals surface area contributed by atoms with Crippen LogP contribution in [0.2, 0.25) is 0 Å². The number of carboxylic acid groups (broad SMARTS) is 1. The van der Waals surface area contributed by atoms with Gasteiger partial charge in [0.25, 0.3) is 0 Å². The fourth-order valence-electron chi connectivity index (χ4n) is 3.28. The molecule has 0 amide bonds. The average Bonchev–Trinajstić information content (AvgIpc) is 2.67. The maximum atomic E-state index is 11.3. The molecule has 0 spiro atoms. The largest absolute Gasteiger partial charge is 0.481 e. The Hall–Kier alpha value is -1.77. The molecule has 1 aliphatic rings.